The van der Waals surface area contributed by atoms with Crippen LogP contribution in [0.1, 0.15) is 20.8 Å². The summed E-state index contributed by atoms with van der Waals surface area (Å²) in [6.45, 7) is 11.1. The van der Waals surface area contributed by atoms with Crippen molar-refractivity contribution < 1.29 is 4.74 Å². The monoisotopic (exact) mass is 171 g/mol. The summed E-state index contributed by atoms with van der Waals surface area (Å²) in [4.78, 5) is 0. The Balaban J connectivity index is 4.12. The lowest BCUT2D eigenvalue weighted by Gasteiger charge is -2.27. The fraction of sp³-hybridized carbons (Fsp3) is 0.800. The zero-order valence-electron chi connectivity index (χ0n) is 8.63. The molecule has 2 nitrogen and oxygen atoms in total. The first-order valence-electron chi connectivity index (χ1n) is 4.56. The molecule has 1 N–H and O–H groups in total. The number of rotatable bonds is 6. The fourth-order valence-electron chi connectivity index (χ4n) is 1.40. The van der Waals surface area contributed by atoms with Crippen LogP contribution in [0.15, 0.2) is 12.7 Å². The molecule has 0 bridgehead atoms. The molecule has 0 aromatic heterocycles. The molecule has 0 aromatic rings. The molecule has 0 amide bonds. The standard InChI is InChI=1S/C10H21NO/c1-6-9(11-7-2)10(12-5)8(3)4/h6,8-11H,1,7H2,2-5H3. The Bertz CT molecular complexity index is 123. The predicted molar refractivity (Wildman–Crippen MR) is 53.3 cm³/mol. The van der Waals surface area contributed by atoms with Gasteiger partial charge in [-0.25, -0.2) is 0 Å². The topological polar surface area (TPSA) is 21.3 Å². The van der Waals surface area contributed by atoms with Gasteiger partial charge in [-0.1, -0.05) is 26.8 Å². The molecule has 0 aliphatic carbocycles. The Kier molecular flexibility index (Phi) is 6.03. The molecule has 0 rings (SSSR count). The SMILES string of the molecule is C=CC(NCC)C(OC)C(C)C. The molecule has 0 saturated carbocycles. The molecule has 72 valence electrons. The maximum Gasteiger partial charge on any atom is 0.0782 e. The van der Waals surface area contributed by atoms with Crippen LogP contribution in [0.3, 0.4) is 0 Å². The van der Waals surface area contributed by atoms with Crippen LogP contribution in [0, 0.1) is 5.92 Å². The quantitative estimate of drug-likeness (QED) is 0.615. The number of ether oxygens (including phenoxy) is 1. The minimum absolute atomic E-state index is 0.224. The Labute approximate surface area is 76.0 Å². The molecule has 2 atom stereocenters. The molecule has 12 heavy (non-hydrogen) atoms. The third-order valence-corrected chi connectivity index (χ3v) is 1.98. The van der Waals surface area contributed by atoms with Crippen LogP contribution in [0.2, 0.25) is 0 Å². The summed E-state index contributed by atoms with van der Waals surface area (Å²) < 4.78 is 5.38. The summed E-state index contributed by atoms with van der Waals surface area (Å²) in [6.07, 6.45) is 2.14. The molecule has 0 aliphatic heterocycles. The largest absolute Gasteiger partial charge is 0.379 e. The van der Waals surface area contributed by atoms with E-state index >= 15 is 0 Å². The van der Waals surface area contributed by atoms with Crippen molar-refractivity contribution in [1.82, 2.24) is 5.32 Å². The van der Waals surface area contributed by atoms with E-state index in [0.717, 1.165) is 6.54 Å². The summed E-state index contributed by atoms with van der Waals surface area (Å²) >= 11 is 0. The Morgan fingerprint density at radius 1 is 1.50 bits per heavy atom. The van der Waals surface area contributed by atoms with Crippen molar-refractivity contribution in [3.63, 3.8) is 0 Å². The highest BCUT2D eigenvalue weighted by Gasteiger charge is 2.20. The summed E-state index contributed by atoms with van der Waals surface area (Å²) in [5, 5.41) is 3.32. The number of nitrogens with one attached hydrogen (secondary N) is 1. The van der Waals surface area contributed by atoms with Gasteiger partial charge < -0.3 is 10.1 Å². The van der Waals surface area contributed by atoms with E-state index in [2.05, 4.69) is 32.7 Å². The second-order valence-corrected chi connectivity index (χ2v) is 3.26. The zero-order valence-corrected chi connectivity index (χ0v) is 8.63. The van der Waals surface area contributed by atoms with Crippen LogP contribution in [0.25, 0.3) is 0 Å². The summed E-state index contributed by atoms with van der Waals surface area (Å²) in [6, 6.07) is 0.264. The average Bonchev–Trinajstić information content (AvgIpc) is 2.03. The van der Waals surface area contributed by atoms with Gasteiger partial charge in [-0.05, 0) is 12.5 Å². The normalized spacial score (nSPS) is 16.1. The zero-order chi connectivity index (χ0) is 9.56. The van der Waals surface area contributed by atoms with Gasteiger partial charge in [0.2, 0.25) is 0 Å². The van der Waals surface area contributed by atoms with Gasteiger partial charge in [0.1, 0.15) is 0 Å². The smallest absolute Gasteiger partial charge is 0.0782 e. The highest BCUT2D eigenvalue weighted by Crippen LogP contribution is 2.10. The lowest BCUT2D eigenvalue weighted by Crippen LogP contribution is -2.42. The van der Waals surface area contributed by atoms with Crippen LogP contribution in [0.4, 0.5) is 0 Å². The van der Waals surface area contributed by atoms with Crippen LogP contribution in [-0.4, -0.2) is 25.8 Å². The maximum absolute atomic E-state index is 5.38. The molecule has 0 aliphatic rings. The lowest BCUT2D eigenvalue weighted by atomic mass is 9.99. The average molecular weight is 171 g/mol. The van der Waals surface area contributed by atoms with Gasteiger partial charge in [-0.3, -0.25) is 0 Å². The molecular formula is C10H21NO. The van der Waals surface area contributed by atoms with Crippen LogP contribution < -0.4 is 5.32 Å². The second kappa shape index (κ2) is 6.21. The molecule has 0 spiro atoms. The molecule has 0 aromatic carbocycles. The van der Waals surface area contributed by atoms with E-state index in [-0.39, 0.29) is 12.1 Å². The first-order chi connectivity index (χ1) is 5.67. The van der Waals surface area contributed by atoms with E-state index in [4.69, 9.17) is 4.74 Å². The predicted octanol–water partition coefficient (Wildman–Crippen LogP) is 1.82. The Morgan fingerprint density at radius 2 is 2.08 bits per heavy atom. The van der Waals surface area contributed by atoms with Gasteiger partial charge >= 0.3 is 0 Å². The van der Waals surface area contributed by atoms with Gasteiger partial charge in [-0.2, -0.15) is 0 Å². The lowest BCUT2D eigenvalue weighted by molar-refractivity contribution is 0.0464. The number of hydrogen-bond donors (Lipinski definition) is 1. The van der Waals surface area contributed by atoms with Crippen molar-refractivity contribution >= 4 is 0 Å². The van der Waals surface area contributed by atoms with Gasteiger partial charge in [0.15, 0.2) is 0 Å². The van der Waals surface area contributed by atoms with Crippen molar-refractivity contribution in [3.8, 4) is 0 Å². The van der Waals surface area contributed by atoms with E-state index in [9.17, 15) is 0 Å². The Morgan fingerprint density at radius 3 is 2.33 bits per heavy atom. The van der Waals surface area contributed by atoms with Gasteiger partial charge in [0, 0.05) is 7.11 Å². The Hall–Kier alpha value is -0.340. The first kappa shape index (κ1) is 11.7. The fourth-order valence-corrected chi connectivity index (χ4v) is 1.40. The van der Waals surface area contributed by atoms with E-state index in [1.54, 1.807) is 7.11 Å². The second-order valence-electron chi connectivity index (χ2n) is 3.26. The highest BCUT2D eigenvalue weighted by molar-refractivity contribution is 4.92. The molecule has 2 unspecified atom stereocenters. The molecule has 0 fully saturated rings. The number of likely N-dealkylation sites (N-methyl/N-ethyl adjacent to an activating group) is 1. The van der Waals surface area contributed by atoms with Crippen molar-refractivity contribution in [1.29, 1.82) is 0 Å². The van der Waals surface area contributed by atoms with Crippen LogP contribution in [0.5, 0.6) is 0 Å². The van der Waals surface area contributed by atoms with E-state index in [0.29, 0.717) is 5.92 Å². The first-order valence-corrected chi connectivity index (χ1v) is 4.56. The number of methoxy groups -OCH3 is 1. The third kappa shape index (κ3) is 3.37. The minimum atomic E-state index is 0.224. The van der Waals surface area contributed by atoms with Crippen molar-refractivity contribution in [2.45, 2.75) is 32.9 Å². The van der Waals surface area contributed by atoms with Crippen molar-refractivity contribution in [2.24, 2.45) is 5.92 Å². The molecule has 0 heterocycles. The number of hydrogen-bond acceptors (Lipinski definition) is 2. The molecular weight excluding hydrogens is 150 g/mol. The van der Waals surface area contributed by atoms with Gasteiger partial charge in [0.05, 0.1) is 12.1 Å². The van der Waals surface area contributed by atoms with Gasteiger partial charge in [-0.15, -0.1) is 6.58 Å². The van der Waals surface area contributed by atoms with Crippen molar-refractivity contribution in [3.05, 3.63) is 12.7 Å². The van der Waals surface area contributed by atoms with Crippen LogP contribution in [-0.2, 0) is 4.74 Å². The summed E-state index contributed by atoms with van der Waals surface area (Å²) in [5.41, 5.74) is 0. The van der Waals surface area contributed by atoms with Crippen molar-refractivity contribution in [2.75, 3.05) is 13.7 Å². The molecule has 0 radical (unpaired) electrons. The maximum atomic E-state index is 5.38. The van der Waals surface area contributed by atoms with Gasteiger partial charge in [0.25, 0.3) is 0 Å². The van der Waals surface area contributed by atoms with Crippen LogP contribution >= 0.6 is 0 Å². The highest BCUT2D eigenvalue weighted by atomic mass is 16.5. The van der Waals surface area contributed by atoms with E-state index in [1.165, 1.54) is 0 Å². The minimum Gasteiger partial charge on any atom is -0.379 e. The molecule has 2 heteroatoms. The summed E-state index contributed by atoms with van der Waals surface area (Å²) in [5.74, 6) is 0.511. The molecule has 0 saturated heterocycles. The third-order valence-electron chi connectivity index (χ3n) is 1.98. The van der Waals surface area contributed by atoms with E-state index in [1.807, 2.05) is 6.08 Å². The summed E-state index contributed by atoms with van der Waals surface area (Å²) in [7, 11) is 1.75. The van der Waals surface area contributed by atoms with E-state index < -0.39 is 0 Å².